The molecule has 0 bridgehead atoms. The molecule has 0 aliphatic carbocycles. The van der Waals surface area contributed by atoms with Crippen molar-refractivity contribution in [2.24, 2.45) is 7.05 Å². The molecule has 0 saturated carbocycles. The average Bonchev–Trinajstić information content (AvgIpc) is 2.74. The van der Waals surface area contributed by atoms with Crippen LogP contribution in [0.2, 0.25) is 5.02 Å². The van der Waals surface area contributed by atoms with Gasteiger partial charge in [-0.2, -0.15) is 4.68 Å². The highest BCUT2D eigenvalue weighted by Gasteiger charge is 2.18. The van der Waals surface area contributed by atoms with Crippen molar-refractivity contribution in [3.8, 4) is 11.4 Å². The maximum absolute atomic E-state index is 12.1. The van der Waals surface area contributed by atoms with Crippen molar-refractivity contribution in [3.63, 3.8) is 0 Å². The molecule has 1 amide bonds. The van der Waals surface area contributed by atoms with Gasteiger partial charge in [-0.15, -0.1) is 5.10 Å². The summed E-state index contributed by atoms with van der Waals surface area (Å²) in [7, 11) is 3.83. The Kier molecular flexibility index (Phi) is 6.03. The number of quaternary nitrogens is 1. The maximum atomic E-state index is 12.1. The van der Waals surface area contributed by atoms with E-state index in [1.807, 2.05) is 63.7 Å². The molecule has 2 aromatic rings. The normalized spacial score (nSPS) is 12.9. The van der Waals surface area contributed by atoms with E-state index in [9.17, 15) is 4.79 Å². The van der Waals surface area contributed by atoms with Gasteiger partial charge in [0.05, 0.1) is 7.05 Å². The first-order valence-electron chi connectivity index (χ1n) is 8.09. The van der Waals surface area contributed by atoms with Gasteiger partial charge in [-0.1, -0.05) is 11.6 Å². The monoisotopic (exact) mass is 382 g/mol. The van der Waals surface area contributed by atoms with E-state index in [0.717, 1.165) is 16.3 Å². The van der Waals surface area contributed by atoms with Gasteiger partial charge in [-0.25, -0.2) is 0 Å². The number of amides is 1. The lowest BCUT2D eigenvalue weighted by Crippen LogP contribution is -3.09. The summed E-state index contributed by atoms with van der Waals surface area (Å²) >= 11 is 11.4. The van der Waals surface area contributed by atoms with Crippen LogP contribution in [-0.2, 0) is 18.5 Å². The van der Waals surface area contributed by atoms with Crippen molar-refractivity contribution in [2.75, 3.05) is 13.6 Å². The molecule has 1 atom stereocenters. The van der Waals surface area contributed by atoms with E-state index in [4.69, 9.17) is 23.8 Å². The lowest BCUT2D eigenvalue weighted by atomic mass is 10.1. The number of nitrogens with zero attached hydrogens (tertiary/aromatic N) is 3. The van der Waals surface area contributed by atoms with E-state index in [2.05, 4.69) is 10.4 Å². The minimum Gasteiger partial charge on any atom is -0.347 e. The van der Waals surface area contributed by atoms with Crippen LogP contribution in [0.4, 0.5) is 0 Å². The second-order valence-electron chi connectivity index (χ2n) is 7.26. The Morgan fingerprint density at radius 1 is 1.32 bits per heavy atom. The second-order valence-corrected chi connectivity index (χ2v) is 8.06. The van der Waals surface area contributed by atoms with Crippen molar-refractivity contribution in [3.05, 3.63) is 34.1 Å². The van der Waals surface area contributed by atoms with E-state index in [1.165, 1.54) is 0 Å². The summed E-state index contributed by atoms with van der Waals surface area (Å²) in [6.07, 6.45) is 0. The molecule has 8 heteroatoms. The van der Waals surface area contributed by atoms with Crippen LogP contribution in [0.1, 0.15) is 20.8 Å². The third-order valence-electron chi connectivity index (χ3n) is 3.54. The van der Waals surface area contributed by atoms with Gasteiger partial charge in [0.25, 0.3) is 5.91 Å². The van der Waals surface area contributed by atoms with Gasteiger partial charge in [0.15, 0.2) is 19.0 Å². The number of hydrogen-bond acceptors (Lipinski definition) is 3. The Labute approximate surface area is 158 Å². The molecule has 0 fully saturated rings. The summed E-state index contributed by atoms with van der Waals surface area (Å²) in [5.74, 6) is 0.777. The van der Waals surface area contributed by atoms with Crippen LogP contribution in [0, 0.1) is 4.77 Å². The highest BCUT2D eigenvalue weighted by atomic mass is 35.5. The molecule has 25 heavy (non-hydrogen) atoms. The van der Waals surface area contributed by atoms with Gasteiger partial charge in [-0.3, -0.25) is 4.79 Å². The Hall–Kier alpha value is -1.70. The number of nitrogens with one attached hydrogen (secondary N) is 2. The molecule has 1 aromatic carbocycles. The zero-order valence-electron chi connectivity index (χ0n) is 15.3. The van der Waals surface area contributed by atoms with E-state index in [0.29, 0.717) is 23.0 Å². The molecule has 1 aromatic heterocycles. The molecular weight excluding hydrogens is 358 g/mol. The third kappa shape index (κ3) is 5.39. The quantitative estimate of drug-likeness (QED) is 0.773. The molecule has 1 heterocycles. The third-order valence-corrected chi connectivity index (χ3v) is 4.28. The zero-order chi connectivity index (χ0) is 18.8. The number of likely N-dealkylation sites (N-methyl/N-ethyl adjacent to an activating group) is 1. The molecule has 0 spiro atoms. The van der Waals surface area contributed by atoms with E-state index in [-0.39, 0.29) is 11.4 Å². The van der Waals surface area contributed by atoms with E-state index < -0.39 is 0 Å². The van der Waals surface area contributed by atoms with Gasteiger partial charge >= 0.3 is 0 Å². The molecule has 0 aliphatic heterocycles. The van der Waals surface area contributed by atoms with Gasteiger partial charge in [-0.05, 0) is 57.3 Å². The van der Waals surface area contributed by atoms with Crippen LogP contribution in [-0.4, -0.2) is 39.4 Å². The molecule has 0 saturated heterocycles. The molecule has 0 aliphatic rings. The van der Waals surface area contributed by atoms with E-state index >= 15 is 0 Å². The summed E-state index contributed by atoms with van der Waals surface area (Å²) in [6.45, 7) is 6.76. The fourth-order valence-corrected chi connectivity index (χ4v) is 2.81. The van der Waals surface area contributed by atoms with Crippen molar-refractivity contribution in [1.82, 2.24) is 19.7 Å². The Balaban J connectivity index is 2.13. The predicted octanol–water partition coefficient (Wildman–Crippen LogP) is 1.66. The van der Waals surface area contributed by atoms with Crippen molar-refractivity contribution >= 4 is 29.7 Å². The summed E-state index contributed by atoms with van der Waals surface area (Å²) in [4.78, 5) is 13.1. The molecule has 6 nitrogen and oxygen atoms in total. The van der Waals surface area contributed by atoms with Crippen LogP contribution in [0.5, 0.6) is 0 Å². The topological polar surface area (TPSA) is 56.3 Å². The second kappa shape index (κ2) is 7.68. The first-order chi connectivity index (χ1) is 11.6. The van der Waals surface area contributed by atoms with Gasteiger partial charge in [0, 0.05) is 23.2 Å². The van der Waals surface area contributed by atoms with Crippen LogP contribution in [0.25, 0.3) is 11.4 Å². The summed E-state index contributed by atoms with van der Waals surface area (Å²) < 4.78 is 4.22. The molecular formula is C17H25ClN5OS+. The fourth-order valence-electron chi connectivity index (χ4n) is 2.49. The molecule has 0 radical (unpaired) electrons. The van der Waals surface area contributed by atoms with Gasteiger partial charge in [0.1, 0.15) is 0 Å². The molecule has 1 unspecified atom stereocenters. The molecule has 136 valence electrons. The van der Waals surface area contributed by atoms with Gasteiger partial charge in [0.2, 0.25) is 4.77 Å². The molecule has 2 N–H and O–H groups in total. The van der Waals surface area contributed by atoms with Crippen molar-refractivity contribution < 1.29 is 9.69 Å². The summed E-state index contributed by atoms with van der Waals surface area (Å²) in [5.41, 5.74) is 0.709. The standard InChI is InChI=1S/C17H24ClN5OS/c1-17(2,3)19-14(24)10-21(4)11-23-16(25)22(5)15(20-23)12-6-8-13(18)9-7-12/h6-9H,10-11H2,1-5H3,(H,19,24)/p+1. The SMILES string of the molecule is Cn1c(-c2ccc(Cl)cc2)nn(C[NH+](C)CC(=O)NC(C)(C)C)c1=S. The van der Waals surface area contributed by atoms with Crippen LogP contribution in [0.15, 0.2) is 24.3 Å². The number of rotatable bonds is 5. The smallest absolute Gasteiger partial charge is 0.275 e. The van der Waals surface area contributed by atoms with Crippen LogP contribution in [0.3, 0.4) is 0 Å². The van der Waals surface area contributed by atoms with Crippen molar-refractivity contribution in [2.45, 2.75) is 33.0 Å². The number of aromatic nitrogens is 3. The Bertz CT molecular complexity index is 804. The minimum atomic E-state index is -0.236. The largest absolute Gasteiger partial charge is 0.347 e. The molecule has 2 rings (SSSR count). The summed E-state index contributed by atoms with van der Waals surface area (Å²) in [5, 5.41) is 8.26. The Morgan fingerprint density at radius 3 is 2.48 bits per heavy atom. The number of hydrogen-bond donors (Lipinski definition) is 2. The fraction of sp³-hybridized carbons (Fsp3) is 0.471. The first-order valence-corrected chi connectivity index (χ1v) is 8.87. The average molecular weight is 383 g/mol. The van der Waals surface area contributed by atoms with Crippen LogP contribution < -0.4 is 10.2 Å². The highest BCUT2D eigenvalue weighted by molar-refractivity contribution is 7.71. The lowest BCUT2D eigenvalue weighted by molar-refractivity contribution is -0.895. The minimum absolute atomic E-state index is 0.00498. The lowest BCUT2D eigenvalue weighted by Gasteiger charge is -2.21. The highest BCUT2D eigenvalue weighted by Crippen LogP contribution is 2.19. The number of carbonyl (C=O) groups is 1. The maximum Gasteiger partial charge on any atom is 0.275 e. The Morgan fingerprint density at radius 2 is 1.92 bits per heavy atom. The number of carbonyl (C=O) groups excluding carboxylic acids is 1. The first kappa shape index (κ1) is 19.6. The van der Waals surface area contributed by atoms with Crippen LogP contribution >= 0.6 is 23.8 Å². The number of halogens is 1. The number of benzene rings is 1. The predicted molar refractivity (Wildman–Crippen MR) is 102 cm³/mol. The van der Waals surface area contributed by atoms with Gasteiger partial charge < -0.3 is 14.8 Å². The van der Waals surface area contributed by atoms with Crippen molar-refractivity contribution in [1.29, 1.82) is 0 Å². The van der Waals surface area contributed by atoms with E-state index in [1.54, 1.807) is 4.68 Å². The summed E-state index contributed by atoms with van der Waals surface area (Å²) in [6, 6.07) is 7.48. The zero-order valence-corrected chi connectivity index (χ0v) is 16.8.